The minimum absolute atomic E-state index is 0.0626. The number of hydrogen-bond acceptors (Lipinski definition) is 2. The highest BCUT2D eigenvalue weighted by atomic mass is 32.2. The highest BCUT2D eigenvalue weighted by Crippen LogP contribution is 2.19. The van der Waals surface area contributed by atoms with Crippen LogP contribution < -0.4 is 0 Å². The molecule has 1 amide bonds. The summed E-state index contributed by atoms with van der Waals surface area (Å²) < 4.78 is 12.8. The number of amides is 1. The van der Waals surface area contributed by atoms with E-state index in [4.69, 9.17) is 0 Å². The van der Waals surface area contributed by atoms with E-state index in [1.165, 1.54) is 29.5 Å². The Bertz CT molecular complexity index is 612. The molecule has 0 atom stereocenters. The second-order valence-electron chi connectivity index (χ2n) is 4.92. The van der Waals surface area contributed by atoms with E-state index in [0.717, 1.165) is 10.5 Å². The van der Waals surface area contributed by atoms with E-state index >= 15 is 0 Å². The Morgan fingerprint density at radius 3 is 2.48 bits per heavy atom. The third-order valence-corrected chi connectivity index (χ3v) is 4.27. The van der Waals surface area contributed by atoms with Crippen LogP contribution in [0.2, 0.25) is 0 Å². The number of carbonyl (C=O) groups excluding carboxylic acids is 1. The largest absolute Gasteiger partial charge is 0.341 e. The molecule has 4 heteroatoms. The minimum atomic E-state index is -0.262. The highest BCUT2D eigenvalue weighted by molar-refractivity contribution is 8.00. The van der Waals surface area contributed by atoms with Crippen LogP contribution in [0.4, 0.5) is 4.39 Å². The van der Waals surface area contributed by atoms with E-state index in [0.29, 0.717) is 12.3 Å². The Labute approximate surface area is 129 Å². The number of halogens is 1. The highest BCUT2D eigenvalue weighted by Gasteiger charge is 2.10. The normalized spacial score (nSPS) is 10.4. The van der Waals surface area contributed by atoms with Gasteiger partial charge >= 0.3 is 0 Å². The molecule has 0 fully saturated rings. The zero-order chi connectivity index (χ0) is 15.2. The topological polar surface area (TPSA) is 20.3 Å². The van der Waals surface area contributed by atoms with Crippen molar-refractivity contribution in [3.05, 3.63) is 65.5 Å². The molecule has 2 aromatic rings. The van der Waals surface area contributed by atoms with E-state index < -0.39 is 0 Å². The Morgan fingerprint density at radius 2 is 1.81 bits per heavy atom. The minimum Gasteiger partial charge on any atom is -0.341 e. The maximum absolute atomic E-state index is 12.8. The lowest BCUT2D eigenvalue weighted by molar-refractivity contribution is -0.127. The van der Waals surface area contributed by atoms with E-state index in [1.54, 1.807) is 24.1 Å². The quantitative estimate of drug-likeness (QED) is 0.781. The van der Waals surface area contributed by atoms with Crippen LogP contribution in [0.3, 0.4) is 0 Å². The molecule has 0 radical (unpaired) electrons. The molecule has 0 saturated heterocycles. The molecule has 0 heterocycles. The fraction of sp³-hybridized carbons (Fsp3) is 0.235. The Hall–Kier alpha value is -1.81. The molecule has 21 heavy (non-hydrogen) atoms. The van der Waals surface area contributed by atoms with Crippen LogP contribution in [0.5, 0.6) is 0 Å². The van der Waals surface area contributed by atoms with Gasteiger partial charge in [0.25, 0.3) is 0 Å². The summed E-state index contributed by atoms with van der Waals surface area (Å²) in [6.07, 6.45) is 0. The molecule has 0 saturated carbocycles. The van der Waals surface area contributed by atoms with Crippen LogP contribution in [0.15, 0.2) is 53.4 Å². The van der Waals surface area contributed by atoms with Gasteiger partial charge in [-0.2, -0.15) is 0 Å². The summed E-state index contributed by atoms with van der Waals surface area (Å²) in [4.78, 5) is 14.7. The lowest BCUT2D eigenvalue weighted by atomic mass is 10.1. The first kappa shape index (κ1) is 15.6. The van der Waals surface area contributed by atoms with Crippen molar-refractivity contribution in [2.45, 2.75) is 18.4 Å². The molecule has 2 aromatic carbocycles. The third kappa shape index (κ3) is 4.60. The van der Waals surface area contributed by atoms with Crippen molar-refractivity contribution in [3.8, 4) is 0 Å². The predicted octanol–water partition coefficient (Wildman–Crippen LogP) is 3.88. The predicted molar refractivity (Wildman–Crippen MR) is 84.8 cm³/mol. The van der Waals surface area contributed by atoms with Crippen LogP contribution in [-0.2, 0) is 11.3 Å². The average molecular weight is 303 g/mol. The van der Waals surface area contributed by atoms with Gasteiger partial charge in [-0.25, -0.2) is 4.39 Å². The van der Waals surface area contributed by atoms with E-state index in [-0.39, 0.29) is 11.7 Å². The van der Waals surface area contributed by atoms with Gasteiger partial charge in [-0.05, 0) is 42.3 Å². The van der Waals surface area contributed by atoms with Crippen molar-refractivity contribution in [1.82, 2.24) is 4.90 Å². The van der Waals surface area contributed by atoms with Gasteiger partial charge in [0.2, 0.25) is 5.91 Å². The maximum Gasteiger partial charge on any atom is 0.232 e. The summed E-state index contributed by atoms with van der Waals surface area (Å²) in [6, 6.07) is 14.2. The first-order chi connectivity index (χ1) is 10.1. The van der Waals surface area contributed by atoms with Gasteiger partial charge in [0.15, 0.2) is 0 Å². The number of carbonyl (C=O) groups is 1. The van der Waals surface area contributed by atoms with Gasteiger partial charge in [-0.3, -0.25) is 4.79 Å². The van der Waals surface area contributed by atoms with Crippen molar-refractivity contribution < 1.29 is 9.18 Å². The van der Waals surface area contributed by atoms with Crippen molar-refractivity contribution in [2.24, 2.45) is 0 Å². The van der Waals surface area contributed by atoms with Crippen molar-refractivity contribution >= 4 is 17.7 Å². The van der Waals surface area contributed by atoms with E-state index in [9.17, 15) is 9.18 Å². The third-order valence-electron chi connectivity index (χ3n) is 3.27. The first-order valence-electron chi connectivity index (χ1n) is 6.73. The van der Waals surface area contributed by atoms with Crippen LogP contribution >= 0.6 is 11.8 Å². The second kappa shape index (κ2) is 7.27. The van der Waals surface area contributed by atoms with Crippen molar-refractivity contribution in [3.63, 3.8) is 0 Å². The Morgan fingerprint density at radius 1 is 1.14 bits per heavy atom. The molecule has 0 aromatic heterocycles. The fourth-order valence-electron chi connectivity index (χ4n) is 1.92. The van der Waals surface area contributed by atoms with Gasteiger partial charge in [0, 0.05) is 18.5 Å². The molecule has 2 nitrogen and oxygen atoms in total. The van der Waals surface area contributed by atoms with Crippen LogP contribution in [0.25, 0.3) is 0 Å². The molecule has 0 aliphatic rings. The van der Waals surface area contributed by atoms with Crippen molar-refractivity contribution in [1.29, 1.82) is 0 Å². The molecule has 110 valence electrons. The Balaban J connectivity index is 1.88. The molecule has 0 N–H and O–H groups in total. The summed E-state index contributed by atoms with van der Waals surface area (Å²) in [6.45, 7) is 2.65. The zero-order valence-electron chi connectivity index (χ0n) is 12.2. The summed E-state index contributed by atoms with van der Waals surface area (Å²) in [5, 5.41) is 0. The van der Waals surface area contributed by atoms with Gasteiger partial charge in [-0.1, -0.05) is 24.3 Å². The van der Waals surface area contributed by atoms with Crippen LogP contribution in [-0.4, -0.2) is 23.6 Å². The smallest absolute Gasteiger partial charge is 0.232 e. The number of benzene rings is 2. The van der Waals surface area contributed by atoms with Crippen LogP contribution in [0, 0.1) is 12.7 Å². The Kier molecular flexibility index (Phi) is 5.39. The van der Waals surface area contributed by atoms with Gasteiger partial charge in [0.1, 0.15) is 5.82 Å². The number of hydrogen-bond donors (Lipinski definition) is 0. The summed E-state index contributed by atoms with van der Waals surface area (Å²) in [5.41, 5.74) is 2.34. The lowest BCUT2D eigenvalue weighted by Crippen LogP contribution is -2.28. The molecule has 0 unspecified atom stereocenters. The number of rotatable bonds is 5. The van der Waals surface area contributed by atoms with Gasteiger partial charge in [-0.15, -0.1) is 11.8 Å². The number of nitrogens with zero attached hydrogens (tertiary/aromatic N) is 1. The second-order valence-corrected chi connectivity index (χ2v) is 5.97. The lowest BCUT2D eigenvalue weighted by Gasteiger charge is -2.18. The molecule has 2 rings (SSSR count). The van der Waals surface area contributed by atoms with Gasteiger partial charge in [0.05, 0.1) is 5.75 Å². The molecular formula is C17H18FNOS. The van der Waals surface area contributed by atoms with E-state index in [1.807, 2.05) is 31.2 Å². The molecule has 0 aliphatic carbocycles. The first-order valence-corrected chi connectivity index (χ1v) is 7.71. The van der Waals surface area contributed by atoms with Gasteiger partial charge < -0.3 is 4.90 Å². The SMILES string of the molecule is Cc1ccccc1CN(C)C(=O)CSc1ccc(F)cc1. The molecule has 0 bridgehead atoms. The zero-order valence-corrected chi connectivity index (χ0v) is 13.0. The molecular weight excluding hydrogens is 285 g/mol. The fourth-order valence-corrected chi connectivity index (χ4v) is 2.76. The monoisotopic (exact) mass is 303 g/mol. The van der Waals surface area contributed by atoms with Crippen molar-refractivity contribution in [2.75, 3.05) is 12.8 Å². The number of aryl methyl sites for hydroxylation is 1. The summed E-state index contributed by atoms with van der Waals surface area (Å²) in [5.74, 6) is 0.156. The van der Waals surface area contributed by atoms with E-state index in [2.05, 4.69) is 0 Å². The standard InChI is InChI=1S/C17H18FNOS/c1-13-5-3-4-6-14(13)11-19(2)17(20)12-21-16-9-7-15(18)8-10-16/h3-10H,11-12H2,1-2H3. The van der Waals surface area contributed by atoms with Crippen LogP contribution in [0.1, 0.15) is 11.1 Å². The number of thioether (sulfide) groups is 1. The molecule has 0 spiro atoms. The summed E-state index contributed by atoms with van der Waals surface area (Å²) >= 11 is 1.42. The summed E-state index contributed by atoms with van der Waals surface area (Å²) in [7, 11) is 1.81. The maximum atomic E-state index is 12.8. The molecule has 0 aliphatic heterocycles. The average Bonchev–Trinajstić information content (AvgIpc) is 2.48.